The van der Waals surface area contributed by atoms with Crippen LogP contribution in [0.15, 0.2) is 0 Å². The average Bonchev–Trinajstić information content (AvgIpc) is 2.12. The molecule has 2 rings (SSSR count). The summed E-state index contributed by atoms with van der Waals surface area (Å²) < 4.78 is 37.3. The van der Waals surface area contributed by atoms with Crippen molar-refractivity contribution in [1.29, 1.82) is 0 Å². The first-order valence-corrected chi connectivity index (χ1v) is 6.14. The summed E-state index contributed by atoms with van der Waals surface area (Å²) in [7, 11) is 0. The fourth-order valence-electron chi connectivity index (χ4n) is 3.17. The second-order valence-electron chi connectivity index (χ2n) is 5.87. The van der Waals surface area contributed by atoms with Crippen molar-refractivity contribution in [1.82, 2.24) is 4.90 Å². The van der Waals surface area contributed by atoms with Gasteiger partial charge in [-0.3, -0.25) is 0 Å². The number of halogens is 3. The Morgan fingerprint density at radius 3 is 2.00 bits per heavy atom. The van der Waals surface area contributed by atoms with E-state index in [1.54, 1.807) is 0 Å². The molecular formula is C12H20F3N. The molecule has 2 aliphatic rings. The molecule has 2 fully saturated rings. The van der Waals surface area contributed by atoms with E-state index in [9.17, 15) is 13.2 Å². The van der Waals surface area contributed by atoms with Gasteiger partial charge in [0.15, 0.2) is 0 Å². The first-order valence-electron chi connectivity index (χ1n) is 6.14. The normalized spacial score (nSPS) is 27.4. The lowest BCUT2D eigenvalue weighted by Gasteiger charge is -2.53. The maximum atomic E-state index is 12.4. The summed E-state index contributed by atoms with van der Waals surface area (Å²) >= 11 is 0. The highest BCUT2D eigenvalue weighted by atomic mass is 19.4. The Bertz CT molecular complexity index is 243. The van der Waals surface area contributed by atoms with E-state index in [1.807, 2.05) is 0 Å². The molecule has 0 atom stereocenters. The van der Waals surface area contributed by atoms with Crippen LogP contribution in [0.5, 0.6) is 0 Å². The minimum absolute atomic E-state index is 0.203. The lowest BCUT2D eigenvalue weighted by atomic mass is 9.55. The molecule has 0 aromatic heterocycles. The SMILES string of the molecule is CC(C)C1CC2(CCN(C(F)(F)F)CC2)C1. The molecule has 0 amide bonds. The van der Waals surface area contributed by atoms with Gasteiger partial charge in [0.1, 0.15) is 0 Å². The Balaban J connectivity index is 1.83. The van der Waals surface area contributed by atoms with E-state index in [1.165, 1.54) is 0 Å². The third kappa shape index (κ3) is 2.22. The smallest absolute Gasteiger partial charge is 0.214 e. The number of rotatable bonds is 1. The zero-order valence-corrected chi connectivity index (χ0v) is 9.98. The summed E-state index contributed by atoms with van der Waals surface area (Å²) in [6.45, 7) is 4.83. The minimum atomic E-state index is -4.12. The van der Waals surface area contributed by atoms with Gasteiger partial charge in [0.2, 0.25) is 0 Å². The minimum Gasteiger partial charge on any atom is -0.214 e. The van der Waals surface area contributed by atoms with Crippen molar-refractivity contribution < 1.29 is 13.2 Å². The van der Waals surface area contributed by atoms with Gasteiger partial charge in [-0.15, -0.1) is 0 Å². The van der Waals surface area contributed by atoms with Crippen LogP contribution in [0.4, 0.5) is 13.2 Å². The number of hydrogen-bond acceptors (Lipinski definition) is 1. The fourth-order valence-corrected chi connectivity index (χ4v) is 3.17. The van der Waals surface area contributed by atoms with Crippen LogP contribution < -0.4 is 0 Å². The van der Waals surface area contributed by atoms with Crippen molar-refractivity contribution in [2.24, 2.45) is 17.3 Å². The highest BCUT2D eigenvalue weighted by Crippen LogP contribution is 2.55. The molecule has 1 saturated carbocycles. The number of likely N-dealkylation sites (tertiary alicyclic amines) is 1. The molecule has 0 unspecified atom stereocenters. The Morgan fingerprint density at radius 1 is 1.12 bits per heavy atom. The summed E-state index contributed by atoms with van der Waals surface area (Å²) in [6.07, 6.45) is -0.360. The van der Waals surface area contributed by atoms with Gasteiger partial charge >= 0.3 is 6.30 Å². The lowest BCUT2D eigenvalue weighted by molar-refractivity contribution is -0.259. The topological polar surface area (TPSA) is 3.24 Å². The molecule has 94 valence electrons. The second kappa shape index (κ2) is 3.90. The molecule has 0 N–H and O–H groups in total. The van der Waals surface area contributed by atoms with Crippen LogP contribution in [0.1, 0.15) is 39.5 Å². The van der Waals surface area contributed by atoms with E-state index in [-0.39, 0.29) is 18.5 Å². The molecule has 1 heterocycles. The van der Waals surface area contributed by atoms with Crippen molar-refractivity contribution >= 4 is 0 Å². The van der Waals surface area contributed by atoms with E-state index in [2.05, 4.69) is 13.8 Å². The van der Waals surface area contributed by atoms with Gasteiger partial charge in [0.05, 0.1) is 0 Å². The Morgan fingerprint density at radius 2 is 1.62 bits per heavy atom. The van der Waals surface area contributed by atoms with E-state index in [0.717, 1.165) is 31.6 Å². The number of nitrogens with zero attached hydrogens (tertiary/aromatic N) is 1. The van der Waals surface area contributed by atoms with Gasteiger partial charge in [0, 0.05) is 13.1 Å². The van der Waals surface area contributed by atoms with Crippen molar-refractivity contribution in [2.45, 2.75) is 45.8 Å². The van der Waals surface area contributed by atoms with Crippen molar-refractivity contribution in [2.75, 3.05) is 13.1 Å². The van der Waals surface area contributed by atoms with Gasteiger partial charge in [0.25, 0.3) is 0 Å². The molecule has 0 aromatic carbocycles. The zero-order chi connectivity index (χ0) is 12.0. The largest absolute Gasteiger partial charge is 0.459 e. The first-order chi connectivity index (χ1) is 7.32. The van der Waals surface area contributed by atoms with Gasteiger partial charge < -0.3 is 0 Å². The number of hydrogen-bond donors (Lipinski definition) is 0. The van der Waals surface area contributed by atoms with Crippen molar-refractivity contribution in [3.8, 4) is 0 Å². The first kappa shape index (κ1) is 12.2. The van der Waals surface area contributed by atoms with E-state index >= 15 is 0 Å². The Kier molecular flexibility index (Phi) is 2.97. The molecule has 0 aromatic rings. The van der Waals surface area contributed by atoms with Crippen LogP contribution in [0.2, 0.25) is 0 Å². The van der Waals surface area contributed by atoms with Crippen LogP contribution >= 0.6 is 0 Å². The maximum Gasteiger partial charge on any atom is 0.459 e. The van der Waals surface area contributed by atoms with Gasteiger partial charge in [-0.05, 0) is 42.9 Å². The van der Waals surface area contributed by atoms with Gasteiger partial charge in [-0.1, -0.05) is 13.8 Å². The summed E-state index contributed by atoms with van der Waals surface area (Å²) in [5.74, 6) is 1.43. The van der Waals surface area contributed by atoms with Crippen molar-refractivity contribution in [3.05, 3.63) is 0 Å². The highest BCUT2D eigenvalue weighted by Gasteiger charge is 2.49. The van der Waals surface area contributed by atoms with Gasteiger partial charge in [-0.2, -0.15) is 13.2 Å². The molecule has 1 aliphatic heterocycles. The molecule has 1 nitrogen and oxygen atoms in total. The standard InChI is InChI=1S/C12H20F3N/c1-9(2)10-7-11(8-10)3-5-16(6-4-11)12(13,14)15/h9-10H,3-8H2,1-2H3. The summed E-state index contributed by atoms with van der Waals surface area (Å²) in [5.41, 5.74) is 0.261. The molecule has 1 saturated heterocycles. The molecule has 0 bridgehead atoms. The molecule has 16 heavy (non-hydrogen) atoms. The van der Waals surface area contributed by atoms with E-state index in [0.29, 0.717) is 10.8 Å². The van der Waals surface area contributed by atoms with Crippen LogP contribution in [0.25, 0.3) is 0 Å². The van der Waals surface area contributed by atoms with Crippen molar-refractivity contribution in [3.63, 3.8) is 0 Å². The van der Waals surface area contributed by atoms with E-state index < -0.39 is 6.30 Å². The molecule has 4 heteroatoms. The van der Waals surface area contributed by atoms with Crippen LogP contribution in [0, 0.1) is 17.3 Å². The summed E-state index contributed by atoms with van der Waals surface area (Å²) in [6, 6.07) is 0. The average molecular weight is 235 g/mol. The van der Waals surface area contributed by atoms with Gasteiger partial charge in [-0.25, -0.2) is 4.90 Å². The zero-order valence-electron chi connectivity index (χ0n) is 9.98. The maximum absolute atomic E-state index is 12.4. The molecule has 1 spiro atoms. The van der Waals surface area contributed by atoms with E-state index in [4.69, 9.17) is 0 Å². The second-order valence-corrected chi connectivity index (χ2v) is 5.87. The Hall–Kier alpha value is -0.250. The molecule has 1 aliphatic carbocycles. The summed E-state index contributed by atoms with van der Waals surface area (Å²) in [5, 5.41) is 0. The van der Waals surface area contributed by atoms with Crippen LogP contribution in [-0.2, 0) is 0 Å². The number of piperidine rings is 1. The third-order valence-electron chi connectivity index (χ3n) is 4.52. The van der Waals surface area contributed by atoms with Crippen LogP contribution in [-0.4, -0.2) is 24.3 Å². The molecular weight excluding hydrogens is 215 g/mol. The summed E-state index contributed by atoms with van der Waals surface area (Å²) in [4.78, 5) is 0.668. The molecule has 0 radical (unpaired) electrons. The quantitative estimate of drug-likeness (QED) is 0.627. The predicted molar refractivity (Wildman–Crippen MR) is 56.9 cm³/mol. The Labute approximate surface area is 95.0 Å². The third-order valence-corrected chi connectivity index (χ3v) is 4.52. The highest BCUT2D eigenvalue weighted by molar-refractivity contribution is 4.97. The van der Waals surface area contributed by atoms with Crippen LogP contribution in [0.3, 0.4) is 0 Å². The lowest BCUT2D eigenvalue weighted by Crippen LogP contribution is -2.51. The fraction of sp³-hybridized carbons (Fsp3) is 1.00. The monoisotopic (exact) mass is 235 g/mol. The number of alkyl halides is 3. The predicted octanol–water partition coefficient (Wildman–Crippen LogP) is 3.65.